The minimum atomic E-state index is -0.435. The molecular formula is C27H30ClN7O3. The fourth-order valence-corrected chi connectivity index (χ4v) is 5.06. The van der Waals surface area contributed by atoms with E-state index in [1.807, 2.05) is 49.9 Å². The van der Waals surface area contributed by atoms with Crippen molar-refractivity contribution < 1.29 is 4.79 Å². The van der Waals surface area contributed by atoms with Crippen molar-refractivity contribution in [2.24, 2.45) is 20.0 Å². The molecule has 11 heteroatoms. The van der Waals surface area contributed by atoms with E-state index in [2.05, 4.69) is 4.98 Å². The third-order valence-corrected chi connectivity index (χ3v) is 6.96. The Morgan fingerprint density at radius 1 is 1.16 bits per heavy atom. The standard InChI is InChI=1S/C27H30ClN7O3/c1-15(2)12-34-24-22(26(37)33(6)27(34)38)23(21-9-16(13-32(21)5)25(36)31(3)4)35(30-24)14-17-11-29-20-8-7-18(28)10-19(17)20/h7-11,13,15,29H,12,14H2,1-6H3. The number of nitrogens with one attached hydrogen (secondary N) is 1. The lowest BCUT2D eigenvalue weighted by Crippen LogP contribution is -2.38. The van der Waals surface area contributed by atoms with E-state index in [1.54, 1.807) is 35.6 Å². The van der Waals surface area contributed by atoms with Crippen LogP contribution in [0.2, 0.25) is 5.02 Å². The first-order chi connectivity index (χ1) is 18.0. The average Bonchev–Trinajstić information content (AvgIpc) is 3.55. The first-order valence-corrected chi connectivity index (χ1v) is 12.7. The SMILES string of the molecule is CC(C)Cn1c(=O)n(C)c(=O)c2c(-c3cc(C(=O)N(C)C)cn3C)n(Cc3c[nH]c4ccc(Cl)cc34)nc21. The first kappa shape index (κ1) is 25.6. The number of halogens is 1. The fraction of sp³-hybridized carbons (Fsp3) is 0.333. The molecule has 1 N–H and O–H groups in total. The van der Waals surface area contributed by atoms with Crippen LogP contribution < -0.4 is 11.2 Å². The zero-order chi connectivity index (χ0) is 27.5. The molecular weight excluding hydrogens is 506 g/mol. The van der Waals surface area contributed by atoms with Crippen LogP contribution in [0, 0.1) is 5.92 Å². The lowest BCUT2D eigenvalue weighted by atomic mass is 10.1. The summed E-state index contributed by atoms with van der Waals surface area (Å²) < 4.78 is 6.24. The Hall–Kier alpha value is -4.05. The molecule has 10 nitrogen and oxygen atoms in total. The number of hydrogen-bond donors (Lipinski definition) is 1. The van der Waals surface area contributed by atoms with Crippen molar-refractivity contribution in [1.29, 1.82) is 0 Å². The number of H-pyrrole nitrogens is 1. The lowest BCUT2D eigenvalue weighted by Gasteiger charge is -2.11. The van der Waals surface area contributed by atoms with E-state index in [0.29, 0.717) is 46.1 Å². The van der Waals surface area contributed by atoms with Gasteiger partial charge in [-0.3, -0.25) is 23.4 Å². The van der Waals surface area contributed by atoms with E-state index in [1.165, 1.54) is 11.9 Å². The molecule has 0 atom stereocenters. The molecule has 0 bridgehead atoms. The van der Waals surface area contributed by atoms with Crippen LogP contribution in [0.5, 0.6) is 0 Å². The minimum Gasteiger partial charge on any atom is -0.361 e. The van der Waals surface area contributed by atoms with Gasteiger partial charge in [0.05, 0.1) is 17.8 Å². The molecule has 0 saturated carbocycles. The zero-order valence-corrected chi connectivity index (χ0v) is 23.0. The summed E-state index contributed by atoms with van der Waals surface area (Å²) in [4.78, 5) is 44.3. The smallest absolute Gasteiger partial charge is 0.332 e. The van der Waals surface area contributed by atoms with Crippen LogP contribution in [-0.2, 0) is 27.2 Å². The van der Waals surface area contributed by atoms with Gasteiger partial charge in [0.25, 0.3) is 11.5 Å². The molecule has 4 heterocycles. The molecule has 5 aromatic rings. The minimum absolute atomic E-state index is 0.150. The number of aryl methyl sites for hydroxylation is 1. The number of carbonyl (C=O) groups is 1. The van der Waals surface area contributed by atoms with Crippen molar-refractivity contribution >= 4 is 39.4 Å². The second-order valence-corrected chi connectivity index (χ2v) is 10.7. The maximum Gasteiger partial charge on any atom is 0.332 e. The van der Waals surface area contributed by atoms with Crippen LogP contribution in [0.25, 0.3) is 33.3 Å². The van der Waals surface area contributed by atoms with E-state index in [9.17, 15) is 14.4 Å². The maximum absolute atomic E-state index is 13.6. The van der Waals surface area contributed by atoms with Crippen LogP contribution >= 0.6 is 11.6 Å². The van der Waals surface area contributed by atoms with Crippen molar-refractivity contribution in [3.63, 3.8) is 0 Å². The van der Waals surface area contributed by atoms with Gasteiger partial charge in [-0.1, -0.05) is 25.4 Å². The predicted molar refractivity (Wildman–Crippen MR) is 149 cm³/mol. The number of fused-ring (bicyclic) bond motifs is 2. The van der Waals surface area contributed by atoms with E-state index < -0.39 is 11.2 Å². The number of aromatic nitrogens is 6. The number of nitrogens with zero attached hydrogens (tertiary/aromatic N) is 6. The molecule has 0 fully saturated rings. The van der Waals surface area contributed by atoms with E-state index in [0.717, 1.165) is 21.0 Å². The molecule has 4 aromatic heterocycles. The Balaban J connectivity index is 1.84. The summed E-state index contributed by atoms with van der Waals surface area (Å²) in [7, 11) is 6.69. The van der Waals surface area contributed by atoms with E-state index in [4.69, 9.17) is 16.7 Å². The molecule has 0 unspecified atom stereocenters. The highest BCUT2D eigenvalue weighted by Gasteiger charge is 2.26. The summed E-state index contributed by atoms with van der Waals surface area (Å²) in [6, 6.07) is 7.38. The van der Waals surface area contributed by atoms with Gasteiger partial charge < -0.3 is 14.5 Å². The van der Waals surface area contributed by atoms with Gasteiger partial charge in [0.2, 0.25) is 0 Å². The van der Waals surface area contributed by atoms with Crippen molar-refractivity contribution in [2.45, 2.75) is 26.9 Å². The maximum atomic E-state index is 13.6. The van der Waals surface area contributed by atoms with E-state index in [-0.39, 0.29) is 11.8 Å². The number of aromatic amines is 1. The van der Waals surface area contributed by atoms with Crippen molar-refractivity contribution in [3.05, 3.63) is 73.6 Å². The Morgan fingerprint density at radius 3 is 2.58 bits per heavy atom. The molecule has 0 aliphatic rings. The van der Waals surface area contributed by atoms with Gasteiger partial charge in [0.1, 0.15) is 11.1 Å². The Morgan fingerprint density at radius 2 is 1.89 bits per heavy atom. The molecule has 0 aliphatic carbocycles. The van der Waals surface area contributed by atoms with Crippen molar-refractivity contribution in [1.82, 2.24) is 33.4 Å². The van der Waals surface area contributed by atoms with Crippen LogP contribution in [0.4, 0.5) is 0 Å². The first-order valence-electron chi connectivity index (χ1n) is 12.3. The van der Waals surface area contributed by atoms with Gasteiger partial charge >= 0.3 is 5.69 Å². The van der Waals surface area contributed by atoms with Crippen molar-refractivity contribution in [3.8, 4) is 11.4 Å². The van der Waals surface area contributed by atoms with Crippen LogP contribution in [0.1, 0.15) is 29.8 Å². The summed E-state index contributed by atoms with van der Waals surface area (Å²) >= 11 is 6.29. The third kappa shape index (κ3) is 4.14. The van der Waals surface area contributed by atoms with Crippen LogP contribution in [-0.4, -0.2) is 53.4 Å². The summed E-state index contributed by atoms with van der Waals surface area (Å²) in [6.45, 7) is 4.73. The lowest BCUT2D eigenvalue weighted by molar-refractivity contribution is 0.0827. The highest BCUT2D eigenvalue weighted by atomic mass is 35.5. The molecule has 1 amide bonds. The number of rotatable bonds is 6. The number of benzene rings is 1. The quantitative estimate of drug-likeness (QED) is 0.360. The second kappa shape index (κ2) is 9.36. The fourth-order valence-electron chi connectivity index (χ4n) is 4.88. The second-order valence-electron chi connectivity index (χ2n) is 10.3. The third-order valence-electron chi connectivity index (χ3n) is 6.72. The molecule has 198 valence electrons. The number of hydrogen-bond acceptors (Lipinski definition) is 4. The van der Waals surface area contributed by atoms with Gasteiger partial charge in [0.15, 0.2) is 5.65 Å². The monoisotopic (exact) mass is 535 g/mol. The molecule has 0 saturated heterocycles. The molecule has 0 spiro atoms. The topological polar surface area (TPSA) is 103 Å². The van der Waals surface area contributed by atoms with Gasteiger partial charge in [-0.05, 0) is 35.7 Å². The highest BCUT2D eigenvalue weighted by molar-refractivity contribution is 6.31. The largest absolute Gasteiger partial charge is 0.361 e. The van der Waals surface area contributed by atoms with Gasteiger partial charge in [-0.25, -0.2) is 4.79 Å². The normalized spacial score (nSPS) is 11.8. The van der Waals surface area contributed by atoms with Gasteiger partial charge in [0, 0.05) is 63.1 Å². The Bertz CT molecular complexity index is 1830. The van der Waals surface area contributed by atoms with Crippen LogP contribution in [0.3, 0.4) is 0 Å². The molecule has 0 aliphatic heterocycles. The average molecular weight is 536 g/mol. The summed E-state index contributed by atoms with van der Waals surface area (Å²) in [5.41, 5.74) is 2.98. The molecule has 5 rings (SSSR count). The van der Waals surface area contributed by atoms with Gasteiger partial charge in [-0.2, -0.15) is 5.10 Å². The molecule has 0 radical (unpaired) electrons. The molecule has 38 heavy (non-hydrogen) atoms. The Kier molecular flexibility index (Phi) is 6.30. The number of carbonyl (C=O) groups excluding carboxylic acids is 1. The zero-order valence-electron chi connectivity index (χ0n) is 22.2. The Labute approximate surface area is 223 Å². The summed E-state index contributed by atoms with van der Waals surface area (Å²) in [5, 5.41) is 6.72. The summed E-state index contributed by atoms with van der Waals surface area (Å²) in [6.07, 6.45) is 3.63. The van der Waals surface area contributed by atoms with Gasteiger partial charge in [-0.15, -0.1) is 0 Å². The van der Waals surface area contributed by atoms with Crippen LogP contribution in [0.15, 0.2) is 46.2 Å². The predicted octanol–water partition coefficient (Wildman–Crippen LogP) is 3.44. The van der Waals surface area contributed by atoms with Crippen molar-refractivity contribution in [2.75, 3.05) is 14.1 Å². The van der Waals surface area contributed by atoms with E-state index >= 15 is 0 Å². The molecule has 1 aromatic carbocycles. The summed E-state index contributed by atoms with van der Waals surface area (Å²) in [5.74, 6) is -0.00442. The highest BCUT2D eigenvalue weighted by Crippen LogP contribution is 2.30. The number of amides is 1.